The quantitative estimate of drug-likeness (QED) is 0.479. The van der Waals surface area contributed by atoms with Crippen LogP contribution in [0, 0.1) is 12.8 Å². The van der Waals surface area contributed by atoms with E-state index in [1.165, 1.54) is 0 Å². The molecule has 164 valence electrons. The Hall–Kier alpha value is -2.64. The second kappa shape index (κ2) is 8.71. The number of hydrogen-bond acceptors (Lipinski definition) is 5. The number of halogens is 1. The number of aryl methyl sites for hydroxylation is 1. The van der Waals surface area contributed by atoms with Crippen molar-refractivity contribution in [2.75, 3.05) is 0 Å². The van der Waals surface area contributed by atoms with Crippen LogP contribution in [0.5, 0.6) is 0 Å². The summed E-state index contributed by atoms with van der Waals surface area (Å²) in [6.07, 6.45) is 20.3. The minimum absolute atomic E-state index is 0.119. The highest BCUT2D eigenvalue weighted by atomic mass is 79.9. The fourth-order valence-corrected chi connectivity index (χ4v) is 4.77. The average Bonchev–Trinajstić information content (AvgIpc) is 3.09. The molecule has 2 aliphatic carbocycles. The molecule has 0 radical (unpaired) electrons. The zero-order chi connectivity index (χ0) is 22.2. The minimum Gasteiger partial charge on any atom is -0.393 e. The topological polar surface area (TPSA) is 76.2 Å². The molecule has 3 heterocycles. The first kappa shape index (κ1) is 21.2. The highest BCUT2D eigenvalue weighted by molar-refractivity contribution is 9.10. The van der Waals surface area contributed by atoms with Gasteiger partial charge in [-0.25, -0.2) is 15.0 Å². The molecule has 1 unspecified atom stereocenters. The van der Waals surface area contributed by atoms with E-state index in [0.717, 1.165) is 64.0 Å². The maximum atomic E-state index is 9.56. The number of aliphatic hydroxyl groups is 1. The van der Waals surface area contributed by atoms with Crippen LogP contribution in [-0.4, -0.2) is 35.8 Å². The van der Waals surface area contributed by atoms with Gasteiger partial charge < -0.3 is 5.11 Å². The first-order chi connectivity index (χ1) is 15.5. The van der Waals surface area contributed by atoms with Gasteiger partial charge in [-0.15, -0.1) is 0 Å². The van der Waals surface area contributed by atoms with E-state index < -0.39 is 0 Å². The van der Waals surface area contributed by atoms with Gasteiger partial charge in [-0.1, -0.05) is 42.5 Å². The molecule has 5 rings (SSSR count). The van der Waals surface area contributed by atoms with Gasteiger partial charge in [0.05, 0.1) is 33.9 Å². The third-order valence-corrected chi connectivity index (χ3v) is 7.23. The molecule has 0 aromatic carbocycles. The third-order valence-electron chi connectivity index (χ3n) is 6.30. The maximum absolute atomic E-state index is 9.56. The molecule has 0 bridgehead atoms. The van der Waals surface area contributed by atoms with Crippen molar-refractivity contribution < 1.29 is 5.11 Å². The van der Waals surface area contributed by atoms with Crippen LogP contribution in [0.1, 0.15) is 55.6 Å². The van der Waals surface area contributed by atoms with Crippen LogP contribution in [-0.2, 0) is 0 Å². The molecule has 1 saturated carbocycles. The van der Waals surface area contributed by atoms with Gasteiger partial charge in [0.1, 0.15) is 5.52 Å². The predicted octanol–water partition coefficient (Wildman–Crippen LogP) is 5.46. The molecular weight excluding hydrogens is 466 g/mol. The molecule has 1 atom stereocenters. The lowest BCUT2D eigenvalue weighted by atomic mass is 9.80. The fraction of sp³-hybridized carbons (Fsp3) is 0.360. The molecule has 0 spiro atoms. The van der Waals surface area contributed by atoms with Gasteiger partial charge in [0.25, 0.3) is 0 Å². The average molecular weight is 492 g/mol. The van der Waals surface area contributed by atoms with E-state index in [1.54, 1.807) is 10.7 Å². The molecule has 7 heteroatoms. The molecule has 0 saturated heterocycles. The van der Waals surface area contributed by atoms with Gasteiger partial charge in [-0.3, -0.25) is 0 Å². The van der Waals surface area contributed by atoms with Crippen molar-refractivity contribution in [2.24, 2.45) is 5.92 Å². The summed E-state index contributed by atoms with van der Waals surface area (Å²) in [5.41, 5.74) is 5.93. The summed E-state index contributed by atoms with van der Waals surface area (Å²) in [6.45, 7) is 3.99. The second-order valence-corrected chi connectivity index (χ2v) is 9.38. The Morgan fingerprint density at radius 2 is 2.09 bits per heavy atom. The summed E-state index contributed by atoms with van der Waals surface area (Å²) in [4.78, 5) is 14.7. The van der Waals surface area contributed by atoms with Crippen LogP contribution in [0.3, 0.4) is 0 Å². The van der Waals surface area contributed by atoms with Crippen molar-refractivity contribution in [3.8, 4) is 0 Å². The zero-order valence-corrected chi connectivity index (χ0v) is 19.8. The van der Waals surface area contributed by atoms with E-state index in [1.807, 2.05) is 13.8 Å². The zero-order valence-electron chi connectivity index (χ0n) is 18.2. The van der Waals surface area contributed by atoms with Crippen LogP contribution in [0.25, 0.3) is 22.4 Å². The molecule has 3 aromatic rings. The summed E-state index contributed by atoms with van der Waals surface area (Å²) in [5.74, 6) is 0.738. The van der Waals surface area contributed by atoms with E-state index in [4.69, 9.17) is 9.97 Å². The highest BCUT2D eigenvalue weighted by Crippen LogP contribution is 2.33. The molecule has 6 nitrogen and oxygen atoms in total. The van der Waals surface area contributed by atoms with Crippen molar-refractivity contribution in [3.05, 3.63) is 70.3 Å². The minimum atomic E-state index is -0.119. The number of aliphatic hydroxyl groups excluding tert-OH is 1. The van der Waals surface area contributed by atoms with E-state index in [0.29, 0.717) is 11.6 Å². The molecule has 1 fully saturated rings. The smallest absolute Gasteiger partial charge is 0.184 e. The summed E-state index contributed by atoms with van der Waals surface area (Å²) >= 11 is 3.59. The van der Waals surface area contributed by atoms with Crippen molar-refractivity contribution in [1.29, 1.82) is 0 Å². The van der Waals surface area contributed by atoms with Crippen molar-refractivity contribution >= 4 is 38.3 Å². The Morgan fingerprint density at radius 3 is 2.81 bits per heavy atom. The monoisotopic (exact) mass is 491 g/mol. The first-order valence-corrected chi connectivity index (χ1v) is 11.9. The number of nitrogens with zero attached hydrogens (tertiary/aromatic N) is 5. The SMILES string of the molecule is C/C=C(\C=C/CC1CC(O)C1)c1nc2c(cnc3c(Br)c(C)nn32)nc1C1C=CC=CC1. The maximum Gasteiger partial charge on any atom is 0.184 e. The van der Waals surface area contributed by atoms with Crippen LogP contribution in [0.4, 0.5) is 0 Å². The van der Waals surface area contributed by atoms with Gasteiger partial charge in [-0.05, 0) is 67.0 Å². The van der Waals surface area contributed by atoms with Gasteiger partial charge in [0.2, 0.25) is 0 Å². The normalized spacial score (nSPS) is 23.5. The van der Waals surface area contributed by atoms with Crippen LogP contribution >= 0.6 is 15.9 Å². The first-order valence-electron chi connectivity index (χ1n) is 11.1. The van der Waals surface area contributed by atoms with E-state index in [9.17, 15) is 5.11 Å². The molecule has 32 heavy (non-hydrogen) atoms. The number of rotatable bonds is 5. The Balaban J connectivity index is 1.62. The summed E-state index contributed by atoms with van der Waals surface area (Å²) < 4.78 is 2.65. The lowest BCUT2D eigenvalue weighted by Gasteiger charge is -2.30. The second-order valence-electron chi connectivity index (χ2n) is 8.59. The van der Waals surface area contributed by atoms with Crippen LogP contribution in [0.15, 0.2) is 53.2 Å². The van der Waals surface area contributed by atoms with Crippen molar-refractivity contribution in [1.82, 2.24) is 24.6 Å². The number of aromatic nitrogens is 5. The van der Waals surface area contributed by atoms with E-state index in [-0.39, 0.29) is 12.0 Å². The largest absolute Gasteiger partial charge is 0.393 e. The molecular formula is C25H26BrN5O. The third kappa shape index (κ3) is 3.84. The van der Waals surface area contributed by atoms with Gasteiger partial charge in [-0.2, -0.15) is 9.61 Å². The van der Waals surface area contributed by atoms with Crippen LogP contribution < -0.4 is 0 Å². The van der Waals surface area contributed by atoms with Gasteiger partial charge in [0.15, 0.2) is 11.3 Å². The number of hydrogen-bond donors (Lipinski definition) is 1. The Kier molecular flexibility index (Phi) is 5.78. The molecule has 2 aliphatic rings. The summed E-state index contributed by atoms with van der Waals surface area (Å²) in [7, 11) is 0. The van der Waals surface area contributed by atoms with Gasteiger partial charge >= 0.3 is 0 Å². The lowest BCUT2D eigenvalue weighted by molar-refractivity contribution is 0.0444. The molecule has 1 N–H and O–H groups in total. The Bertz CT molecular complexity index is 1300. The lowest BCUT2D eigenvalue weighted by Crippen LogP contribution is -2.27. The molecule has 0 aliphatic heterocycles. The standard InChI is InChI=1S/C25H26BrN5O/c1-3-17(11-7-8-16-12-19(32)13-16)22-23(18-9-5-4-6-10-18)28-20-14-27-25-21(26)15(2)30-31(25)24(20)29-22/h3-7,9,11,14,16,18-19,32H,8,10,12-13H2,1-2H3/b11-7-,17-3+. The fourth-order valence-electron chi connectivity index (χ4n) is 4.42. The summed E-state index contributed by atoms with van der Waals surface area (Å²) in [6, 6.07) is 0. The van der Waals surface area contributed by atoms with Gasteiger partial charge in [0, 0.05) is 5.92 Å². The number of fused-ring (bicyclic) bond motifs is 3. The van der Waals surface area contributed by atoms with Crippen LogP contribution in [0.2, 0.25) is 0 Å². The number of allylic oxidation sites excluding steroid dienone is 8. The van der Waals surface area contributed by atoms with Crippen molar-refractivity contribution in [3.63, 3.8) is 0 Å². The molecule has 3 aromatic heterocycles. The highest BCUT2D eigenvalue weighted by Gasteiger charge is 2.26. The Labute approximate surface area is 195 Å². The molecule has 0 amide bonds. The Morgan fingerprint density at radius 1 is 1.25 bits per heavy atom. The predicted molar refractivity (Wildman–Crippen MR) is 130 cm³/mol. The summed E-state index contributed by atoms with van der Waals surface area (Å²) in [5, 5.41) is 14.2. The van der Waals surface area contributed by atoms with Crippen molar-refractivity contribution in [2.45, 2.75) is 51.6 Å². The van der Waals surface area contributed by atoms with E-state index in [2.05, 4.69) is 68.5 Å². The van der Waals surface area contributed by atoms with E-state index >= 15 is 0 Å².